The van der Waals surface area contributed by atoms with Crippen LogP contribution in [0.25, 0.3) is 22.0 Å². The second-order valence-electron chi connectivity index (χ2n) is 8.88. The van der Waals surface area contributed by atoms with E-state index in [1.54, 1.807) is 10.7 Å². The topological polar surface area (TPSA) is 74.5 Å². The third kappa shape index (κ3) is 3.96. The fraction of sp³-hybridized carbons (Fsp3) is 0.269. The van der Waals surface area contributed by atoms with Crippen LogP contribution in [0.3, 0.4) is 0 Å². The minimum atomic E-state index is 0.161. The molecule has 1 N–H and O–H groups in total. The summed E-state index contributed by atoms with van der Waals surface area (Å²) < 4.78 is 1.78. The van der Waals surface area contributed by atoms with Gasteiger partial charge in [-0.25, -0.2) is 0 Å². The summed E-state index contributed by atoms with van der Waals surface area (Å²) >= 11 is 0. The van der Waals surface area contributed by atoms with Crippen molar-refractivity contribution >= 4 is 28.6 Å². The van der Waals surface area contributed by atoms with Crippen LogP contribution in [0.15, 0.2) is 55.0 Å². The summed E-state index contributed by atoms with van der Waals surface area (Å²) in [5.74, 6) is 0.161. The molecule has 0 aliphatic carbocycles. The number of hydrogen-bond donors (Lipinski definition) is 1. The third-order valence-electron chi connectivity index (χ3n) is 6.37. The molecule has 7 nitrogen and oxygen atoms in total. The molecule has 168 valence electrons. The second kappa shape index (κ2) is 8.33. The van der Waals surface area contributed by atoms with Crippen molar-refractivity contribution in [2.75, 3.05) is 18.0 Å². The van der Waals surface area contributed by atoms with Crippen molar-refractivity contribution in [2.45, 2.75) is 26.4 Å². The van der Waals surface area contributed by atoms with E-state index in [1.807, 2.05) is 37.8 Å². The molecule has 33 heavy (non-hydrogen) atoms. The van der Waals surface area contributed by atoms with Crippen molar-refractivity contribution in [3.05, 3.63) is 66.1 Å². The van der Waals surface area contributed by atoms with Gasteiger partial charge >= 0.3 is 0 Å². The van der Waals surface area contributed by atoms with Gasteiger partial charge in [0.1, 0.15) is 12.0 Å². The van der Waals surface area contributed by atoms with Gasteiger partial charge in [0.25, 0.3) is 0 Å². The van der Waals surface area contributed by atoms with Crippen molar-refractivity contribution in [3.8, 4) is 16.9 Å². The zero-order chi connectivity index (χ0) is 23.1. The molecule has 0 saturated heterocycles. The third-order valence-corrected chi connectivity index (χ3v) is 6.37. The zero-order valence-electron chi connectivity index (χ0n) is 19.1. The predicted molar refractivity (Wildman–Crippen MR) is 130 cm³/mol. The Morgan fingerprint density at radius 2 is 1.91 bits per heavy atom. The number of nitrogens with zero attached hydrogens (tertiary/aromatic N) is 5. The first kappa shape index (κ1) is 21.2. The molecular weight excluding hydrogens is 414 g/mol. The monoisotopic (exact) mass is 441 g/mol. The molecule has 0 atom stereocenters. The maximum atomic E-state index is 11.5. The first-order valence-electron chi connectivity index (χ1n) is 11.1. The molecule has 4 aromatic rings. The summed E-state index contributed by atoms with van der Waals surface area (Å²) in [5, 5.41) is 16.1. The molecule has 7 heteroatoms. The summed E-state index contributed by atoms with van der Waals surface area (Å²) in [4.78, 5) is 20.7. The van der Waals surface area contributed by atoms with E-state index in [0.29, 0.717) is 18.2 Å². The number of pyridine rings is 1. The van der Waals surface area contributed by atoms with E-state index in [9.17, 15) is 9.90 Å². The number of carbonyl (C=O) groups excluding carboxylic acids is 1. The lowest BCUT2D eigenvalue weighted by Crippen LogP contribution is -2.34. The number of aldehydes is 1. The van der Waals surface area contributed by atoms with Crippen LogP contribution in [-0.2, 0) is 13.6 Å². The van der Waals surface area contributed by atoms with Gasteiger partial charge in [0.15, 0.2) is 0 Å². The van der Waals surface area contributed by atoms with Crippen LogP contribution >= 0.6 is 0 Å². The van der Waals surface area contributed by atoms with Crippen LogP contribution in [0.1, 0.15) is 29.8 Å². The SMILES string of the molecule is CC(C)N1CCN(c2ccc3ncc(-c4cnn(C)c4)cc3c2)c2cc(C=O)cc(O)c2C1. The predicted octanol–water partition coefficient (Wildman–Crippen LogP) is 4.52. The average Bonchev–Trinajstić information content (AvgIpc) is 3.14. The van der Waals surface area contributed by atoms with Gasteiger partial charge in [0.05, 0.1) is 17.4 Å². The molecule has 1 aliphatic rings. The number of benzene rings is 2. The number of anilines is 2. The molecule has 0 unspecified atom stereocenters. The number of aromatic hydroxyl groups is 1. The molecule has 2 aromatic carbocycles. The van der Waals surface area contributed by atoms with Crippen molar-refractivity contribution in [3.63, 3.8) is 0 Å². The van der Waals surface area contributed by atoms with Gasteiger partial charge in [0, 0.05) is 78.4 Å². The molecule has 1 aliphatic heterocycles. The van der Waals surface area contributed by atoms with Crippen LogP contribution in [0, 0.1) is 0 Å². The molecule has 3 heterocycles. The molecule has 2 aromatic heterocycles. The van der Waals surface area contributed by atoms with Crippen LogP contribution < -0.4 is 4.90 Å². The minimum Gasteiger partial charge on any atom is -0.508 e. The van der Waals surface area contributed by atoms with Crippen molar-refractivity contribution in [1.29, 1.82) is 0 Å². The molecule has 0 spiro atoms. The molecule has 0 saturated carbocycles. The molecule has 5 rings (SSSR count). The Morgan fingerprint density at radius 3 is 2.64 bits per heavy atom. The first-order valence-corrected chi connectivity index (χ1v) is 11.1. The number of aromatic nitrogens is 3. The van der Waals surface area contributed by atoms with Crippen molar-refractivity contribution in [1.82, 2.24) is 19.7 Å². The smallest absolute Gasteiger partial charge is 0.150 e. The maximum Gasteiger partial charge on any atom is 0.150 e. The summed E-state index contributed by atoms with van der Waals surface area (Å²) in [7, 11) is 1.90. The van der Waals surface area contributed by atoms with Gasteiger partial charge in [0.2, 0.25) is 0 Å². The Hall–Kier alpha value is -3.71. The van der Waals surface area contributed by atoms with E-state index < -0.39 is 0 Å². The van der Waals surface area contributed by atoms with Gasteiger partial charge in [-0.1, -0.05) is 0 Å². The van der Waals surface area contributed by atoms with E-state index in [-0.39, 0.29) is 5.75 Å². The number of carbonyl (C=O) groups is 1. The van der Waals surface area contributed by atoms with Gasteiger partial charge in [-0.2, -0.15) is 5.10 Å². The fourth-order valence-electron chi connectivity index (χ4n) is 4.49. The number of hydrogen-bond acceptors (Lipinski definition) is 6. The van der Waals surface area contributed by atoms with Gasteiger partial charge in [-0.3, -0.25) is 19.4 Å². The standard InChI is InChI=1S/C26H27N5O2/c1-17(2)30-6-7-31(25-8-18(16-32)9-26(33)23(25)15-30)22-4-5-24-19(11-22)10-20(12-27-24)21-13-28-29(3)14-21/h4-5,8-14,16-17,33H,6-7,15H2,1-3H3. The van der Waals surface area contributed by atoms with E-state index in [2.05, 4.69) is 51.9 Å². The molecular formula is C26H27N5O2. The fourth-order valence-corrected chi connectivity index (χ4v) is 4.49. The summed E-state index contributed by atoms with van der Waals surface area (Å²) in [6.07, 6.45) is 6.47. The molecule has 0 fully saturated rings. The lowest BCUT2D eigenvalue weighted by Gasteiger charge is -2.26. The van der Waals surface area contributed by atoms with Crippen LogP contribution in [0.2, 0.25) is 0 Å². The highest BCUT2D eigenvalue weighted by atomic mass is 16.3. The highest BCUT2D eigenvalue weighted by molar-refractivity contribution is 5.88. The quantitative estimate of drug-likeness (QED) is 0.470. The number of phenols is 1. The van der Waals surface area contributed by atoms with Crippen LogP contribution in [0.4, 0.5) is 11.4 Å². The molecule has 0 amide bonds. The van der Waals surface area contributed by atoms with E-state index in [1.165, 1.54) is 0 Å². The summed E-state index contributed by atoms with van der Waals surface area (Å²) in [6.45, 7) is 6.54. The number of aryl methyl sites for hydroxylation is 1. The summed E-state index contributed by atoms with van der Waals surface area (Å²) in [6, 6.07) is 12.1. The van der Waals surface area contributed by atoms with Crippen molar-refractivity contribution < 1.29 is 9.90 Å². The molecule has 0 bridgehead atoms. The van der Waals surface area contributed by atoms with Crippen LogP contribution in [-0.4, -0.2) is 50.2 Å². The van der Waals surface area contributed by atoms with E-state index in [4.69, 9.17) is 0 Å². The normalized spacial score (nSPS) is 14.5. The maximum absolute atomic E-state index is 11.5. The Bertz CT molecular complexity index is 1340. The van der Waals surface area contributed by atoms with Crippen LogP contribution in [0.5, 0.6) is 5.75 Å². The van der Waals surface area contributed by atoms with E-state index >= 15 is 0 Å². The Morgan fingerprint density at radius 1 is 1.06 bits per heavy atom. The minimum absolute atomic E-state index is 0.161. The van der Waals surface area contributed by atoms with Gasteiger partial charge in [-0.05, 0) is 50.2 Å². The number of rotatable bonds is 4. The van der Waals surface area contributed by atoms with Gasteiger partial charge in [-0.15, -0.1) is 0 Å². The Kier molecular flexibility index (Phi) is 5.34. The lowest BCUT2D eigenvalue weighted by molar-refractivity contribution is 0.112. The highest BCUT2D eigenvalue weighted by Gasteiger charge is 2.25. The number of fused-ring (bicyclic) bond motifs is 2. The van der Waals surface area contributed by atoms with Gasteiger partial charge < -0.3 is 10.0 Å². The number of phenolic OH excluding ortho intramolecular Hbond substituents is 1. The lowest BCUT2D eigenvalue weighted by atomic mass is 10.0. The first-order chi connectivity index (χ1) is 15.9. The molecule has 0 radical (unpaired) electrons. The largest absolute Gasteiger partial charge is 0.508 e. The average molecular weight is 442 g/mol. The second-order valence-corrected chi connectivity index (χ2v) is 8.88. The highest BCUT2D eigenvalue weighted by Crippen LogP contribution is 2.38. The zero-order valence-corrected chi connectivity index (χ0v) is 19.1. The van der Waals surface area contributed by atoms with E-state index in [0.717, 1.165) is 58.3 Å². The Balaban J connectivity index is 1.62. The summed E-state index contributed by atoms with van der Waals surface area (Å²) in [5.41, 5.74) is 6.12. The van der Waals surface area contributed by atoms with Crippen molar-refractivity contribution in [2.24, 2.45) is 7.05 Å². The Labute approximate surface area is 192 Å².